The molecule has 1 aliphatic rings. The Balaban J connectivity index is 0.00000289. The van der Waals surface area contributed by atoms with Gasteiger partial charge in [0.25, 0.3) is 11.8 Å². The average molecular weight is 473 g/mol. The first-order valence-corrected chi connectivity index (χ1v) is 10.9. The minimum absolute atomic E-state index is 0. The molecular weight excluding hydrogens is 444 g/mol. The van der Waals surface area contributed by atoms with Gasteiger partial charge in [-0.1, -0.05) is 37.3 Å². The molecule has 4 aromatic rings. The molecular formula is C26H28N6O3. The number of carbonyl (C=O) groups is 2. The molecule has 0 fully saturated rings. The largest absolute Gasteiger partial charge is 0.489 e. The van der Waals surface area contributed by atoms with Crippen molar-refractivity contribution >= 4 is 28.5 Å². The molecule has 0 aliphatic carbocycles. The number of amides is 2. The number of nitrogens with one attached hydrogen (secondary N) is 1. The third-order valence-electron chi connectivity index (χ3n) is 5.97. The van der Waals surface area contributed by atoms with Gasteiger partial charge in [0.1, 0.15) is 24.1 Å². The summed E-state index contributed by atoms with van der Waals surface area (Å²) in [5.41, 5.74) is 5.36. The summed E-state index contributed by atoms with van der Waals surface area (Å²) in [6.07, 6.45) is 3.84. The first kappa shape index (κ1) is 23.9. The van der Waals surface area contributed by atoms with E-state index in [0.29, 0.717) is 28.9 Å². The van der Waals surface area contributed by atoms with E-state index >= 15 is 0 Å². The molecule has 2 amide bonds. The van der Waals surface area contributed by atoms with E-state index in [0.717, 1.165) is 11.3 Å². The summed E-state index contributed by atoms with van der Waals surface area (Å²) in [5, 5.41) is 7.14. The maximum Gasteiger partial charge on any atom is 0.272 e. The van der Waals surface area contributed by atoms with Crippen molar-refractivity contribution in [2.75, 3.05) is 18.6 Å². The van der Waals surface area contributed by atoms with Crippen LogP contribution in [0.5, 0.6) is 5.75 Å². The first-order chi connectivity index (χ1) is 16.4. The lowest BCUT2D eigenvalue weighted by Gasteiger charge is -2.20. The lowest BCUT2D eigenvalue weighted by atomic mass is 10.1. The molecule has 2 aromatic heterocycles. The molecule has 3 heterocycles. The van der Waals surface area contributed by atoms with Crippen LogP contribution in [0.2, 0.25) is 0 Å². The van der Waals surface area contributed by atoms with E-state index in [1.54, 1.807) is 49.4 Å². The summed E-state index contributed by atoms with van der Waals surface area (Å²) in [4.78, 5) is 36.2. The Labute approximate surface area is 203 Å². The number of benzene rings is 2. The molecule has 0 radical (unpaired) electrons. The van der Waals surface area contributed by atoms with Crippen LogP contribution in [0.3, 0.4) is 0 Å². The zero-order valence-electron chi connectivity index (χ0n) is 19.1. The van der Waals surface area contributed by atoms with E-state index in [2.05, 4.69) is 44.6 Å². The van der Waals surface area contributed by atoms with Gasteiger partial charge in [0, 0.05) is 44.7 Å². The second-order valence-electron chi connectivity index (χ2n) is 8.41. The van der Waals surface area contributed by atoms with Crippen LogP contribution in [0.15, 0.2) is 54.9 Å². The SMILES string of the molecule is C.Cc1ccc(Cc2cc(C(=O)N[C@H]3COc4cc5nccnc5cc4N(C)C3=O)nn2C)cc1. The van der Waals surface area contributed by atoms with Gasteiger partial charge in [0.2, 0.25) is 0 Å². The molecule has 0 bridgehead atoms. The number of nitrogens with zero attached hydrogens (tertiary/aromatic N) is 5. The number of aryl methyl sites for hydroxylation is 2. The number of hydrogen-bond donors (Lipinski definition) is 1. The van der Waals surface area contributed by atoms with Gasteiger partial charge in [0.05, 0.1) is 16.7 Å². The van der Waals surface area contributed by atoms with Crippen molar-refractivity contribution in [2.45, 2.75) is 26.8 Å². The molecule has 0 unspecified atom stereocenters. The summed E-state index contributed by atoms with van der Waals surface area (Å²) < 4.78 is 7.58. The van der Waals surface area contributed by atoms with Crippen molar-refractivity contribution in [1.29, 1.82) is 0 Å². The summed E-state index contributed by atoms with van der Waals surface area (Å²) in [5.74, 6) is -0.203. The molecule has 0 saturated carbocycles. The first-order valence-electron chi connectivity index (χ1n) is 10.9. The Kier molecular flexibility index (Phi) is 6.50. The van der Waals surface area contributed by atoms with Crippen LogP contribution < -0.4 is 15.0 Å². The van der Waals surface area contributed by atoms with Crippen LogP contribution >= 0.6 is 0 Å². The van der Waals surface area contributed by atoms with E-state index in [1.807, 2.05) is 6.92 Å². The lowest BCUT2D eigenvalue weighted by Crippen LogP contribution is -2.49. The Bertz CT molecular complexity index is 1400. The summed E-state index contributed by atoms with van der Waals surface area (Å²) in [7, 11) is 3.45. The Morgan fingerprint density at radius 1 is 1.09 bits per heavy atom. The van der Waals surface area contributed by atoms with Crippen LogP contribution in [0.1, 0.15) is 34.7 Å². The highest BCUT2D eigenvalue weighted by molar-refractivity contribution is 6.04. The van der Waals surface area contributed by atoms with Crippen LogP contribution in [0, 0.1) is 6.92 Å². The second kappa shape index (κ2) is 9.54. The van der Waals surface area contributed by atoms with Gasteiger partial charge in [-0.05, 0) is 24.6 Å². The van der Waals surface area contributed by atoms with Crippen molar-refractivity contribution in [3.63, 3.8) is 0 Å². The Morgan fingerprint density at radius 3 is 2.49 bits per heavy atom. The van der Waals surface area contributed by atoms with Crippen LogP contribution in [-0.2, 0) is 18.3 Å². The highest BCUT2D eigenvalue weighted by Gasteiger charge is 2.32. The molecule has 1 N–H and O–H groups in total. The number of ether oxygens (including phenoxy) is 1. The average Bonchev–Trinajstić information content (AvgIpc) is 3.16. The Morgan fingerprint density at radius 2 is 1.77 bits per heavy atom. The fraction of sp³-hybridized carbons (Fsp3) is 0.269. The molecule has 1 atom stereocenters. The minimum Gasteiger partial charge on any atom is -0.489 e. The van der Waals surface area contributed by atoms with Crippen molar-refractivity contribution in [3.8, 4) is 5.75 Å². The van der Waals surface area contributed by atoms with Crippen molar-refractivity contribution in [2.24, 2.45) is 7.05 Å². The monoisotopic (exact) mass is 472 g/mol. The van der Waals surface area contributed by atoms with Crippen LogP contribution in [0.4, 0.5) is 5.69 Å². The normalized spacial score (nSPS) is 15.1. The number of carbonyl (C=O) groups excluding carboxylic acids is 2. The smallest absolute Gasteiger partial charge is 0.272 e. The zero-order valence-corrected chi connectivity index (χ0v) is 19.1. The molecule has 2 aromatic carbocycles. The fourth-order valence-electron chi connectivity index (χ4n) is 3.99. The molecule has 35 heavy (non-hydrogen) atoms. The van der Waals surface area contributed by atoms with Gasteiger partial charge < -0.3 is 15.0 Å². The van der Waals surface area contributed by atoms with Gasteiger partial charge in [0.15, 0.2) is 0 Å². The van der Waals surface area contributed by atoms with Crippen LogP contribution in [-0.4, -0.2) is 51.3 Å². The highest BCUT2D eigenvalue weighted by atomic mass is 16.5. The number of anilines is 1. The molecule has 1 aliphatic heterocycles. The maximum absolute atomic E-state index is 13.1. The summed E-state index contributed by atoms with van der Waals surface area (Å²) in [6, 6.07) is 12.6. The predicted molar refractivity (Wildman–Crippen MR) is 134 cm³/mol. The molecule has 9 heteroatoms. The molecule has 0 saturated heterocycles. The standard InChI is InChI=1S/C25H24N6O3.CH4/c1-15-4-6-16(7-5-15)10-17-11-20(29-31(17)3)24(32)28-21-14-34-23-13-19-18(26-8-9-27-19)12-22(23)30(2)25(21)33;/h4-9,11-13,21H,10,14H2,1-3H3,(H,28,32);1H4/t21-;/m0./s1. The zero-order chi connectivity index (χ0) is 23.8. The lowest BCUT2D eigenvalue weighted by molar-refractivity contribution is -0.120. The van der Waals surface area contributed by atoms with Gasteiger partial charge in [-0.3, -0.25) is 24.2 Å². The second-order valence-corrected chi connectivity index (χ2v) is 8.41. The van der Waals surface area contributed by atoms with E-state index in [9.17, 15) is 9.59 Å². The number of aromatic nitrogens is 4. The maximum atomic E-state index is 13.1. The van der Waals surface area contributed by atoms with E-state index < -0.39 is 11.9 Å². The number of rotatable bonds is 4. The van der Waals surface area contributed by atoms with E-state index in [4.69, 9.17) is 4.74 Å². The molecule has 5 rings (SSSR count). The topological polar surface area (TPSA) is 102 Å². The quantitative estimate of drug-likeness (QED) is 0.490. The summed E-state index contributed by atoms with van der Waals surface area (Å²) >= 11 is 0. The molecule has 180 valence electrons. The third-order valence-corrected chi connectivity index (χ3v) is 5.97. The van der Waals surface area contributed by atoms with Crippen molar-refractivity contribution in [1.82, 2.24) is 25.1 Å². The number of hydrogen-bond acceptors (Lipinski definition) is 6. The van der Waals surface area contributed by atoms with Crippen LogP contribution in [0.25, 0.3) is 11.0 Å². The number of likely N-dealkylation sites (N-methyl/N-ethyl adjacent to an activating group) is 1. The minimum atomic E-state index is -0.864. The predicted octanol–water partition coefficient (Wildman–Crippen LogP) is 3.05. The van der Waals surface area contributed by atoms with Gasteiger partial charge in [-0.15, -0.1) is 0 Å². The van der Waals surface area contributed by atoms with Crippen molar-refractivity contribution in [3.05, 3.63) is 77.4 Å². The van der Waals surface area contributed by atoms with Crippen molar-refractivity contribution < 1.29 is 14.3 Å². The molecule has 0 spiro atoms. The van der Waals surface area contributed by atoms with E-state index in [-0.39, 0.29) is 25.6 Å². The highest BCUT2D eigenvalue weighted by Crippen LogP contribution is 2.33. The molecule has 9 nitrogen and oxygen atoms in total. The third kappa shape index (κ3) is 4.70. The van der Waals surface area contributed by atoms with Gasteiger partial charge >= 0.3 is 0 Å². The Hall–Kier alpha value is -4.27. The van der Waals surface area contributed by atoms with E-state index in [1.165, 1.54) is 10.5 Å². The van der Waals surface area contributed by atoms with Gasteiger partial charge in [-0.2, -0.15) is 5.10 Å². The summed E-state index contributed by atoms with van der Waals surface area (Å²) in [6.45, 7) is 2.04. The van der Waals surface area contributed by atoms with Gasteiger partial charge in [-0.25, -0.2) is 0 Å². The fourth-order valence-corrected chi connectivity index (χ4v) is 3.99. The number of fused-ring (bicyclic) bond motifs is 2.